The minimum atomic E-state index is 0.590. The molecule has 0 aliphatic carbocycles. The highest BCUT2D eigenvalue weighted by molar-refractivity contribution is 9.11. The molecular formula is C10H7BrN4S. The standard InChI is InChI=1S/C10H7BrN4S/c11-7-5-4-6(16-7)10-13-9-3-1-2-8(12)15(9)14-10/h1-5H,12H2. The molecule has 0 saturated carbocycles. The molecule has 2 N–H and O–H groups in total. The Hall–Kier alpha value is -1.40. The van der Waals surface area contributed by atoms with E-state index in [4.69, 9.17) is 5.73 Å². The number of pyridine rings is 1. The number of hydrogen-bond donors (Lipinski definition) is 1. The molecule has 6 heteroatoms. The van der Waals surface area contributed by atoms with E-state index in [0.717, 1.165) is 14.3 Å². The largest absolute Gasteiger partial charge is 0.384 e. The van der Waals surface area contributed by atoms with Gasteiger partial charge in [-0.25, -0.2) is 4.98 Å². The summed E-state index contributed by atoms with van der Waals surface area (Å²) in [6, 6.07) is 9.52. The van der Waals surface area contributed by atoms with Gasteiger partial charge in [-0.15, -0.1) is 16.4 Å². The summed E-state index contributed by atoms with van der Waals surface area (Å²) in [4.78, 5) is 5.44. The molecule has 80 valence electrons. The van der Waals surface area contributed by atoms with Crippen molar-refractivity contribution in [1.82, 2.24) is 14.6 Å². The van der Waals surface area contributed by atoms with E-state index in [9.17, 15) is 0 Å². The number of aromatic nitrogens is 3. The number of fused-ring (bicyclic) bond motifs is 1. The van der Waals surface area contributed by atoms with Gasteiger partial charge in [-0.3, -0.25) is 0 Å². The zero-order chi connectivity index (χ0) is 11.1. The molecular weight excluding hydrogens is 288 g/mol. The van der Waals surface area contributed by atoms with Gasteiger partial charge >= 0.3 is 0 Å². The zero-order valence-corrected chi connectivity index (χ0v) is 10.5. The molecule has 0 saturated heterocycles. The van der Waals surface area contributed by atoms with Gasteiger partial charge in [0.1, 0.15) is 5.82 Å². The van der Waals surface area contributed by atoms with Crippen LogP contribution in [0.4, 0.5) is 5.82 Å². The molecule has 0 bridgehead atoms. The average Bonchev–Trinajstić information content (AvgIpc) is 2.84. The predicted molar refractivity (Wildman–Crippen MR) is 68.4 cm³/mol. The smallest absolute Gasteiger partial charge is 0.192 e. The molecule has 0 unspecified atom stereocenters. The number of rotatable bonds is 1. The van der Waals surface area contributed by atoms with Gasteiger partial charge in [-0.2, -0.15) is 4.52 Å². The van der Waals surface area contributed by atoms with Crippen molar-refractivity contribution in [2.24, 2.45) is 0 Å². The third kappa shape index (κ3) is 1.50. The maximum atomic E-state index is 5.81. The van der Waals surface area contributed by atoms with Gasteiger partial charge in [0, 0.05) is 0 Å². The molecule has 3 aromatic heterocycles. The van der Waals surface area contributed by atoms with E-state index in [1.165, 1.54) is 0 Å². The lowest BCUT2D eigenvalue weighted by Gasteiger charge is -1.93. The molecule has 0 fully saturated rings. The second kappa shape index (κ2) is 3.57. The van der Waals surface area contributed by atoms with Crippen molar-refractivity contribution in [3.8, 4) is 10.7 Å². The van der Waals surface area contributed by atoms with Crippen LogP contribution in [0.5, 0.6) is 0 Å². The number of anilines is 1. The van der Waals surface area contributed by atoms with Crippen LogP contribution >= 0.6 is 27.3 Å². The average molecular weight is 295 g/mol. The van der Waals surface area contributed by atoms with Crippen molar-refractivity contribution in [3.63, 3.8) is 0 Å². The first kappa shape index (κ1) is 9.80. The van der Waals surface area contributed by atoms with Crippen LogP contribution in [-0.2, 0) is 0 Å². The van der Waals surface area contributed by atoms with Gasteiger partial charge in [0.15, 0.2) is 11.5 Å². The number of nitrogens with zero attached hydrogens (tertiary/aromatic N) is 3. The third-order valence-electron chi connectivity index (χ3n) is 2.18. The Bertz CT molecular complexity index is 658. The Morgan fingerprint density at radius 1 is 1.25 bits per heavy atom. The molecule has 3 aromatic rings. The van der Waals surface area contributed by atoms with Gasteiger partial charge in [0.25, 0.3) is 0 Å². The molecule has 3 heterocycles. The summed E-state index contributed by atoms with van der Waals surface area (Å²) >= 11 is 5.02. The SMILES string of the molecule is Nc1cccc2nc(-c3ccc(Br)s3)nn12. The first-order chi connectivity index (χ1) is 7.74. The van der Waals surface area contributed by atoms with E-state index < -0.39 is 0 Å². The minimum Gasteiger partial charge on any atom is -0.384 e. The summed E-state index contributed by atoms with van der Waals surface area (Å²) in [6.45, 7) is 0. The fourth-order valence-corrected chi connectivity index (χ4v) is 2.78. The van der Waals surface area contributed by atoms with Crippen LogP contribution in [0.3, 0.4) is 0 Å². The second-order valence-electron chi connectivity index (χ2n) is 3.26. The van der Waals surface area contributed by atoms with Gasteiger partial charge in [0.2, 0.25) is 0 Å². The first-order valence-electron chi connectivity index (χ1n) is 4.61. The van der Waals surface area contributed by atoms with E-state index in [2.05, 4.69) is 26.0 Å². The monoisotopic (exact) mass is 294 g/mol. The quantitative estimate of drug-likeness (QED) is 0.751. The van der Waals surface area contributed by atoms with Gasteiger partial charge < -0.3 is 5.73 Å². The van der Waals surface area contributed by atoms with Crippen LogP contribution in [0.15, 0.2) is 34.1 Å². The number of halogens is 1. The molecule has 0 atom stereocenters. The van der Waals surface area contributed by atoms with Crippen molar-refractivity contribution in [1.29, 1.82) is 0 Å². The highest BCUT2D eigenvalue weighted by Gasteiger charge is 2.09. The lowest BCUT2D eigenvalue weighted by atomic mass is 10.4. The maximum Gasteiger partial charge on any atom is 0.192 e. The Morgan fingerprint density at radius 3 is 2.81 bits per heavy atom. The number of nitrogen functional groups attached to an aromatic ring is 1. The predicted octanol–water partition coefficient (Wildman–Crippen LogP) is 2.80. The lowest BCUT2D eigenvalue weighted by Crippen LogP contribution is -1.96. The van der Waals surface area contributed by atoms with Crippen LogP contribution in [0.2, 0.25) is 0 Å². The van der Waals surface area contributed by atoms with Crippen LogP contribution in [0.1, 0.15) is 0 Å². The Morgan fingerprint density at radius 2 is 2.12 bits per heavy atom. The summed E-state index contributed by atoms with van der Waals surface area (Å²) in [5.41, 5.74) is 6.57. The Labute approximate surface area is 104 Å². The summed E-state index contributed by atoms with van der Waals surface area (Å²) in [7, 11) is 0. The van der Waals surface area contributed by atoms with E-state index in [1.54, 1.807) is 21.9 Å². The highest BCUT2D eigenvalue weighted by atomic mass is 79.9. The fourth-order valence-electron chi connectivity index (χ4n) is 1.46. The molecule has 4 nitrogen and oxygen atoms in total. The number of hydrogen-bond acceptors (Lipinski definition) is 4. The van der Waals surface area contributed by atoms with Gasteiger partial charge in [0.05, 0.1) is 8.66 Å². The van der Waals surface area contributed by atoms with Crippen LogP contribution < -0.4 is 5.73 Å². The molecule has 16 heavy (non-hydrogen) atoms. The van der Waals surface area contributed by atoms with Gasteiger partial charge in [-0.05, 0) is 40.2 Å². The van der Waals surface area contributed by atoms with Crippen molar-refractivity contribution in [2.45, 2.75) is 0 Å². The third-order valence-corrected chi connectivity index (χ3v) is 3.80. The van der Waals surface area contributed by atoms with Crippen molar-refractivity contribution in [2.75, 3.05) is 5.73 Å². The Kier molecular flexibility index (Phi) is 2.19. The van der Waals surface area contributed by atoms with E-state index >= 15 is 0 Å². The minimum absolute atomic E-state index is 0.590. The highest BCUT2D eigenvalue weighted by Crippen LogP contribution is 2.29. The molecule has 0 aromatic carbocycles. The van der Waals surface area contributed by atoms with E-state index in [-0.39, 0.29) is 0 Å². The molecule has 3 rings (SSSR count). The second-order valence-corrected chi connectivity index (χ2v) is 5.72. The zero-order valence-electron chi connectivity index (χ0n) is 8.09. The molecule has 0 radical (unpaired) electrons. The van der Waals surface area contributed by atoms with Crippen molar-refractivity contribution in [3.05, 3.63) is 34.1 Å². The fraction of sp³-hybridized carbons (Fsp3) is 0. The molecule has 0 amide bonds. The summed E-state index contributed by atoms with van der Waals surface area (Å²) in [5, 5.41) is 4.37. The lowest BCUT2D eigenvalue weighted by molar-refractivity contribution is 0.980. The maximum absolute atomic E-state index is 5.81. The normalized spacial score (nSPS) is 11.1. The number of nitrogens with two attached hydrogens (primary N) is 1. The van der Waals surface area contributed by atoms with Crippen LogP contribution in [0, 0.1) is 0 Å². The van der Waals surface area contributed by atoms with Crippen molar-refractivity contribution >= 4 is 38.7 Å². The summed E-state index contributed by atoms with van der Waals surface area (Å²) in [6.07, 6.45) is 0. The first-order valence-corrected chi connectivity index (χ1v) is 6.22. The van der Waals surface area contributed by atoms with Crippen LogP contribution in [-0.4, -0.2) is 14.6 Å². The van der Waals surface area contributed by atoms with Gasteiger partial charge in [-0.1, -0.05) is 6.07 Å². The van der Waals surface area contributed by atoms with Crippen molar-refractivity contribution < 1.29 is 0 Å². The van der Waals surface area contributed by atoms with E-state index in [0.29, 0.717) is 11.6 Å². The molecule has 0 aliphatic rings. The summed E-state index contributed by atoms with van der Waals surface area (Å²) < 4.78 is 2.71. The van der Waals surface area contributed by atoms with E-state index in [1.807, 2.05) is 24.3 Å². The molecule has 0 aliphatic heterocycles. The van der Waals surface area contributed by atoms with Crippen LogP contribution in [0.25, 0.3) is 16.3 Å². The number of thiophene rings is 1. The molecule has 0 spiro atoms. The Balaban J connectivity index is 2.22. The summed E-state index contributed by atoms with van der Waals surface area (Å²) in [5.74, 6) is 1.29. The topological polar surface area (TPSA) is 56.2 Å².